The number of rotatable bonds is 9. The Morgan fingerprint density at radius 3 is 2.28 bits per heavy atom. The smallest absolute Gasteiger partial charge is 0.409 e. The molecule has 10 nitrogen and oxygen atoms in total. The summed E-state index contributed by atoms with van der Waals surface area (Å²) >= 11 is 1.48. The van der Waals surface area contributed by atoms with E-state index in [1.54, 1.807) is 48.6 Å². The molecule has 4 rings (SSSR count). The second kappa shape index (κ2) is 13.5. The van der Waals surface area contributed by atoms with Gasteiger partial charge in [0.05, 0.1) is 18.7 Å². The van der Waals surface area contributed by atoms with Crippen LogP contribution in [0, 0.1) is 0 Å². The fourth-order valence-corrected chi connectivity index (χ4v) is 5.91. The highest BCUT2D eigenvalue weighted by Gasteiger charge is 2.28. The Labute approximate surface area is 232 Å². The van der Waals surface area contributed by atoms with Crippen molar-refractivity contribution in [2.45, 2.75) is 57.4 Å². The third kappa shape index (κ3) is 7.56. The van der Waals surface area contributed by atoms with E-state index in [1.807, 2.05) is 4.90 Å². The second-order valence-corrected chi connectivity index (χ2v) is 10.7. The van der Waals surface area contributed by atoms with Crippen molar-refractivity contribution in [3.63, 3.8) is 0 Å². The summed E-state index contributed by atoms with van der Waals surface area (Å²) in [4.78, 5) is 57.9. The lowest BCUT2D eigenvalue weighted by Gasteiger charge is -2.31. The summed E-state index contributed by atoms with van der Waals surface area (Å²) in [6.45, 7) is 4.47. The maximum absolute atomic E-state index is 12.8. The van der Waals surface area contributed by atoms with Gasteiger partial charge >= 0.3 is 6.09 Å². The number of benzene rings is 1. The van der Waals surface area contributed by atoms with Crippen molar-refractivity contribution in [2.75, 3.05) is 39.9 Å². The molecule has 3 amide bonds. The molecule has 1 aromatic carbocycles. The molecule has 0 saturated carbocycles. The van der Waals surface area contributed by atoms with Gasteiger partial charge in [-0.3, -0.25) is 14.4 Å². The molecule has 0 bridgehead atoms. The number of hydrogen-bond acceptors (Lipinski definition) is 8. The lowest BCUT2D eigenvalue weighted by molar-refractivity contribution is -0.132. The second-order valence-electron chi connectivity index (χ2n) is 9.81. The highest BCUT2D eigenvalue weighted by atomic mass is 32.1. The maximum Gasteiger partial charge on any atom is 0.409 e. The number of hydrogen-bond donors (Lipinski definition) is 1. The Kier molecular flexibility index (Phi) is 9.91. The fraction of sp³-hybridized carbons (Fsp3) is 0.536. The summed E-state index contributed by atoms with van der Waals surface area (Å²) < 4.78 is 10.2. The molecule has 39 heavy (non-hydrogen) atoms. The van der Waals surface area contributed by atoms with Gasteiger partial charge in [0, 0.05) is 61.9 Å². The molecule has 0 unspecified atom stereocenters. The third-order valence-corrected chi connectivity index (χ3v) is 8.29. The zero-order chi connectivity index (χ0) is 27.8. The lowest BCUT2D eigenvalue weighted by Crippen LogP contribution is -2.46. The number of methoxy groups -OCH3 is 1. The summed E-state index contributed by atoms with van der Waals surface area (Å²) in [5, 5.41) is 5.75. The molecule has 3 heterocycles. The van der Waals surface area contributed by atoms with E-state index in [0.717, 1.165) is 17.8 Å². The molecule has 2 aromatic rings. The molecule has 1 N–H and O–H groups in total. The van der Waals surface area contributed by atoms with Gasteiger partial charge in [-0.25, -0.2) is 9.78 Å². The molecule has 1 aromatic heterocycles. The standard InChI is InChI=1S/C28H36N4O6S/c1-3-38-28(36)32-16-12-21(13-17-32)29-26(35)23-18-39-27(30-23)20-10-14-31(15-11-20)25(34)9-8-24(33)19-4-6-22(37-2)7-5-19/h4-7,18,20-21H,3,8-17H2,1-2H3,(H,29,35). The minimum atomic E-state index is -0.304. The average Bonchev–Trinajstić information content (AvgIpc) is 3.47. The first-order valence-electron chi connectivity index (χ1n) is 13.5. The summed E-state index contributed by atoms with van der Waals surface area (Å²) in [6, 6.07) is 6.91. The zero-order valence-electron chi connectivity index (χ0n) is 22.5. The number of likely N-dealkylation sites (tertiary alicyclic amines) is 2. The van der Waals surface area contributed by atoms with Crippen LogP contribution in [0.4, 0.5) is 4.79 Å². The quantitative estimate of drug-likeness (QED) is 0.466. The first-order chi connectivity index (χ1) is 18.9. The number of carbonyl (C=O) groups excluding carboxylic acids is 4. The first kappa shape index (κ1) is 28.5. The molecule has 210 valence electrons. The molecular formula is C28H36N4O6S. The minimum Gasteiger partial charge on any atom is -0.497 e. The van der Waals surface area contributed by atoms with Crippen LogP contribution in [0.5, 0.6) is 5.75 Å². The van der Waals surface area contributed by atoms with Crippen molar-refractivity contribution >= 4 is 35.0 Å². The van der Waals surface area contributed by atoms with Crippen molar-refractivity contribution in [3.8, 4) is 5.75 Å². The van der Waals surface area contributed by atoms with Gasteiger partial charge in [-0.1, -0.05) is 0 Å². The number of aromatic nitrogens is 1. The van der Waals surface area contributed by atoms with Crippen LogP contribution >= 0.6 is 11.3 Å². The SMILES string of the molecule is CCOC(=O)N1CCC(NC(=O)c2csc(C3CCN(C(=O)CCC(=O)c4ccc(OC)cc4)CC3)n2)CC1. The number of nitrogens with one attached hydrogen (secondary N) is 1. The Morgan fingerprint density at radius 2 is 1.64 bits per heavy atom. The van der Waals surface area contributed by atoms with E-state index in [4.69, 9.17) is 9.47 Å². The Hall–Kier alpha value is -3.47. The van der Waals surface area contributed by atoms with E-state index in [-0.39, 0.29) is 48.5 Å². The van der Waals surface area contributed by atoms with Crippen molar-refractivity contribution in [1.29, 1.82) is 0 Å². The van der Waals surface area contributed by atoms with E-state index in [9.17, 15) is 19.2 Å². The molecule has 11 heteroatoms. The lowest BCUT2D eigenvalue weighted by atomic mass is 9.97. The number of thiazole rings is 1. The molecule has 2 aliphatic rings. The van der Waals surface area contributed by atoms with Gasteiger partial charge < -0.3 is 24.6 Å². The number of nitrogens with zero attached hydrogens (tertiary/aromatic N) is 3. The predicted octanol–water partition coefficient (Wildman–Crippen LogP) is 3.87. The number of ketones is 1. The normalized spacial score (nSPS) is 16.6. The van der Waals surface area contributed by atoms with Gasteiger partial charge in [0.25, 0.3) is 5.91 Å². The monoisotopic (exact) mass is 556 g/mol. The number of carbonyl (C=O) groups is 4. The van der Waals surface area contributed by atoms with E-state index in [0.29, 0.717) is 62.6 Å². The average molecular weight is 557 g/mol. The summed E-state index contributed by atoms with van der Waals surface area (Å²) in [7, 11) is 1.57. The van der Waals surface area contributed by atoms with Crippen molar-refractivity contribution < 1.29 is 28.7 Å². The molecule has 0 spiro atoms. The van der Waals surface area contributed by atoms with Crippen molar-refractivity contribution in [1.82, 2.24) is 20.1 Å². The van der Waals surface area contributed by atoms with E-state index >= 15 is 0 Å². The van der Waals surface area contributed by atoms with Crippen LogP contribution < -0.4 is 10.1 Å². The van der Waals surface area contributed by atoms with Crippen LogP contribution in [0.2, 0.25) is 0 Å². The Balaban J connectivity index is 1.19. The largest absolute Gasteiger partial charge is 0.497 e. The molecule has 0 radical (unpaired) electrons. The molecule has 2 saturated heterocycles. The van der Waals surface area contributed by atoms with Crippen LogP contribution in [-0.2, 0) is 9.53 Å². The van der Waals surface area contributed by atoms with Gasteiger partial charge in [0.1, 0.15) is 11.4 Å². The third-order valence-electron chi connectivity index (χ3n) is 7.29. The fourth-order valence-electron chi connectivity index (χ4n) is 4.94. The number of piperidine rings is 2. The molecule has 2 aliphatic heterocycles. The molecule has 0 aliphatic carbocycles. The predicted molar refractivity (Wildman–Crippen MR) is 146 cm³/mol. The van der Waals surface area contributed by atoms with E-state index in [2.05, 4.69) is 10.3 Å². The topological polar surface area (TPSA) is 118 Å². The Morgan fingerprint density at radius 1 is 0.974 bits per heavy atom. The van der Waals surface area contributed by atoms with Gasteiger partial charge in [-0.2, -0.15) is 0 Å². The zero-order valence-corrected chi connectivity index (χ0v) is 23.3. The Bertz CT molecular complexity index is 1150. The minimum absolute atomic E-state index is 0.000760. The summed E-state index contributed by atoms with van der Waals surface area (Å²) in [5.74, 6) is 0.629. The van der Waals surface area contributed by atoms with Gasteiger partial charge in [-0.15, -0.1) is 11.3 Å². The van der Waals surface area contributed by atoms with Gasteiger partial charge in [0.2, 0.25) is 5.91 Å². The molecule has 0 atom stereocenters. The summed E-state index contributed by atoms with van der Waals surface area (Å²) in [6.07, 6.45) is 2.98. The highest BCUT2D eigenvalue weighted by Crippen LogP contribution is 2.31. The molecule has 2 fully saturated rings. The first-order valence-corrected chi connectivity index (χ1v) is 14.4. The number of ether oxygens (including phenoxy) is 2. The van der Waals surface area contributed by atoms with Crippen LogP contribution in [0.3, 0.4) is 0 Å². The van der Waals surface area contributed by atoms with Gasteiger partial charge in [0.15, 0.2) is 5.78 Å². The van der Waals surface area contributed by atoms with E-state index in [1.165, 1.54) is 11.3 Å². The van der Waals surface area contributed by atoms with Crippen molar-refractivity contribution in [2.24, 2.45) is 0 Å². The summed E-state index contributed by atoms with van der Waals surface area (Å²) in [5.41, 5.74) is 0.992. The van der Waals surface area contributed by atoms with Crippen LogP contribution in [0.1, 0.15) is 77.2 Å². The molecular weight excluding hydrogens is 520 g/mol. The van der Waals surface area contributed by atoms with Crippen LogP contribution in [0.25, 0.3) is 0 Å². The van der Waals surface area contributed by atoms with E-state index < -0.39 is 0 Å². The highest BCUT2D eigenvalue weighted by molar-refractivity contribution is 7.09. The van der Waals surface area contributed by atoms with Crippen LogP contribution in [-0.4, -0.2) is 84.4 Å². The van der Waals surface area contributed by atoms with Crippen LogP contribution in [0.15, 0.2) is 29.6 Å². The maximum atomic E-state index is 12.8. The van der Waals surface area contributed by atoms with Crippen molar-refractivity contribution in [3.05, 3.63) is 45.9 Å². The number of amides is 3. The number of Topliss-reactive ketones (excluding diaryl/α,β-unsaturated/α-hetero) is 1. The van der Waals surface area contributed by atoms with Gasteiger partial charge in [-0.05, 0) is 56.9 Å².